The lowest BCUT2D eigenvalue weighted by Gasteiger charge is -2.08. The number of ether oxygens (including phenoxy) is 1. The second-order valence-electron chi connectivity index (χ2n) is 3.44. The lowest BCUT2D eigenvalue weighted by atomic mass is 10.0. The van der Waals surface area contributed by atoms with Gasteiger partial charge in [-0.1, -0.05) is 30.3 Å². The molecule has 0 aliphatic heterocycles. The van der Waals surface area contributed by atoms with Crippen LogP contribution in [0.15, 0.2) is 36.4 Å². The standard InChI is InChI=1S/C13H11ClO2/c1-16-13(15)11-7-6-9-4-2-3-5-10(9)12(11)8-14/h2-7H,8H2,1H3. The first kappa shape index (κ1) is 11.0. The Morgan fingerprint density at radius 2 is 2.00 bits per heavy atom. The monoisotopic (exact) mass is 234 g/mol. The number of halogens is 1. The number of carbonyl (C=O) groups is 1. The molecule has 16 heavy (non-hydrogen) atoms. The van der Waals surface area contributed by atoms with Crippen LogP contribution >= 0.6 is 11.6 Å². The van der Waals surface area contributed by atoms with Crippen molar-refractivity contribution in [3.63, 3.8) is 0 Å². The molecule has 0 unspecified atom stereocenters. The summed E-state index contributed by atoms with van der Waals surface area (Å²) in [5.74, 6) is -0.0485. The number of methoxy groups -OCH3 is 1. The van der Waals surface area contributed by atoms with Gasteiger partial charge in [0, 0.05) is 5.88 Å². The summed E-state index contributed by atoms with van der Waals surface area (Å²) in [4.78, 5) is 11.6. The molecular formula is C13H11ClO2. The molecule has 2 aromatic carbocycles. The molecule has 0 bridgehead atoms. The molecule has 0 fully saturated rings. The topological polar surface area (TPSA) is 26.3 Å². The van der Waals surface area contributed by atoms with Crippen LogP contribution in [0.1, 0.15) is 15.9 Å². The molecule has 0 saturated heterocycles. The van der Waals surface area contributed by atoms with E-state index in [0.29, 0.717) is 11.4 Å². The van der Waals surface area contributed by atoms with Gasteiger partial charge in [-0.15, -0.1) is 11.6 Å². The third-order valence-electron chi connectivity index (χ3n) is 2.58. The minimum absolute atomic E-state index is 0.297. The van der Waals surface area contributed by atoms with E-state index in [-0.39, 0.29) is 5.97 Å². The number of fused-ring (bicyclic) bond motifs is 1. The molecule has 2 aromatic rings. The highest BCUT2D eigenvalue weighted by molar-refractivity contribution is 6.19. The Balaban J connectivity index is 2.72. The maximum absolute atomic E-state index is 11.6. The van der Waals surface area contributed by atoms with Crippen LogP contribution in [-0.2, 0) is 10.6 Å². The lowest BCUT2D eigenvalue weighted by molar-refractivity contribution is 0.0600. The van der Waals surface area contributed by atoms with E-state index in [0.717, 1.165) is 16.3 Å². The quantitative estimate of drug-likeness (QED) is 0.588. The predicted octanol–water partition coefficient (Wildman–Crippen LogP) is 3.37. The molecule has 0 aromatic heterocycles. The number of carbonyl (C=O) groups excluding carboxylic acids is 1. The van der Waals surface area contributed by atoms with Crippen LogP contribution in [0, 0.1) is 0 Å². The largest absolute Gasteiger partial charge is 0.465 e. The van der Waals surface area contributed by atoms with Gasteiger partial charge in [-0.05, 0) is 22.4 Å². The zero-order chi connectivity index (χ0) is 11.5. The molecule has 0 aliphatic carbocycles. The first-order chi connectivity index (χ1) is 7.77. The highest BCUT2D eigenvalue weighted by atomic mass is 35.5. The minimum Gasteiger partial charge on any atom is -0.465 e. The molecule has 0 heterocycles. The summed E-state index contributed by atoms with van der Waals surface area (Å²) in [7, 11) is 1.37. The van der Waals surface area contributed by atoms with Gasteiger partial charge in [-0.2, -0.15) is 0 Å². The van der Waals surface area contributed by atoms with Crippen LogP contribution in [0.4, 0.5) is 0 Å². The maximum atomic E-state index is 11.6. The third kappa shape index (κ3) is 1.76. The van der Waals surface area contributed by atoms with Gasteiger partial charge in [0.2, 0.25) is 0 Å². The van der Waals surface area contributed by atoms with Crippen LogP contribution in [0.3, 0.4) is 0 Å². The highest BCUT2D eigenvalue weighted by Crippen LogP contribution is 2.24. The average molecular weight is 235 g/mol. The molecule has 0 atom stereocenters. The van der Waals surface area contributed by atoms with Crippen molar-refractivity contribution in [1.29, 1.82) is 0 Å². The second-order valence-corrected chi connectivity index (χ2v) is 3.71. The van der Waals surface area contributed by atoms with Gasteiger partial charge < -0.3 is 4.74 Å². The van der Waals surface area contributed by atoms with E-state index >= 15 is 0 Å². The smallest absolute Gasteiger partial charge is 0.338 e. The molecule has 0 amide bonds. The van der Waals surface area contributed by atoms with Gasteiger partial charge in [0.15, 0.2) is 0 Å². The first-order valence-corrected chi connectivity index (χ1v) is 5.46. The van der Waals surface area contributed by atoms with Crippen LogP contribution in [0.2, 0.25) is 0 Å². The van der Waals surface area contributed by atoms with Gasteiger partial charge in [-0.25, -0.2) is 4.79 Å². The molecular weight excluding hydrogens is 224 g/mol. The van der Waals surface area contributed by atoms with Gasteiger partial charge >= 0.3 is 5.97 Å². The van der Waals surface area contributed by atoms with E-state index in [9.17, 15) is 4.79 Å². The van der Waals surface area contributed by atoms with Crippen molar-refractivity contribution < 1.29 is 9.53 Å². The summed E-state index contributed by atoms with van der Waals surface area (Å²) < 4.78 is 4.73. The second kappa shape index (κ2) is 4.54. The van der Waals surface area contributed by atoms with E-state index in [1.165, 1.54) is 7.11 Å². The lowest BCUT2D eigenvalue weighted by Crippen LogP contribution is -2.05. The van der Waals surface area contributed by atoms with Gasteiger partial charge in [0.05, 0.1) is 12.7 Å². The Morgan fingerprint density at radius 3 is 2.69 bits per heavy atom. The molecule has 0 radical (unpaired) electrons. The zero-order valence-electron chi connectivity index (χ0n) is 8.87. The van der Waals surface area contributed by atoms with Gasteiger partial charge in [-0.3, -0.25) is 0 Å². The number of alkyl halides is 1. The number of benzene rings is 2. The van der Waals surface area contributed by atoms with Crippen molar-refractivity contribution in [3.8, 4) is 0 Å². The summed E-state index contributed by atoms with van der Waals surface area (Å²) in [6.45, 7) is 0. The highest BCUT2D eigenvalue weighted by Gasteiger charge is 2.13. The summed E-state index contributed by atoms with van der Waals surface area (Å²) in [5.41, 5.74) is 1.36. The van der Waals surface area contributed by atoms with Crippen molar-refractivity contribution in [1.82, 2.24) is 0 Å². The van der Waals surface area contributed by atoms with E-state index in [4.69, 9.17) is 16.3 Å². The molecule has 3 heteroatoms. The van der Waals surface area contributed by atoms with Gasteiger partial charge in [0.25, 0.3) is 0 Å². The van der Waals surface area contributed by atoms with Crippen LogP contribution in [0.5, 0.6) is 0 Å². The minimum atomic E-state index is -0.346. The zero-order valence-corrected chi connectivity index (χ0v) is 9.62. The van der Waals surface area contributed by atoms with Crippen LogP contribution < -0.4 is 0 Å². The van der Waals surface area contributed by atoms with E-state index in [1.807, 2.05) is 30.3 Å². The fourth-order valence-electron chi connectivity index (χ4n) is 1.78. The Kier molecular flexibility index (Phi) is 3.11. The predicted molar refractivity (Wildman–Crippen MR) is 64.8 cm³/mol. The summed E-state index contributed by atoms with van der Waals surface area (Å²) in [5, 5.41) is 2.08. The van der Waals surface area contributed by atoms with Crippen molar-refractivity contribution in [2.24, 2.45) is 0 Å². The number of esters is 1. The first-order valence-electron chi connectivity index (χ1n) is 4.93. The Morgan fingerprint density at radius 1 is 1.25 bits per heavy atom. The number of rotatable bonds is 2. The Hall–Kier alpha value is -1.54. The van der Waals surface area contributed by atoms with Gasteiger partial charge in [0.1, 0.15) is 0 Å². The molecule has 2 nitrogen and oxygen atoms in total. The summed E-state index contributed by atoms with van der Waals surface area (Å²) in [6, 6.07) is 11.5. The molecule has 82 valence electrons. The van der Waals surface area contributed by atoms with E-state index < -0.39 is 0 Å². The number of hydrogen-bond acceptors (Lipinski definition) is 2. The molecule has 0 saturated carbocycles. The fourth-order valence-corrected chi connectivity index (χ4v) is 2.07. The molecule has 2 rings (SSSR count). The van der Waals surface area contributed by atoms with E-state index in [2.05, 4.69) is 0 Å². The van der Waals surface area contributed by atoms with Crippen molar-refractivity contribution in [2.45, 2.75) is 5.88 Å². The average Bonchev–Trinajstić information content (AvgIpc) is 2.36. The Labute approximate surface area is 98.8 Å². The number of hydrogen-bond donors (Lipinski definition) is 0. The fraction of sp³-hybridized carbons (Fsp3) is 0.154. The summed E-state index contributed by atoms with van der Waals surface area (Å²) >= 11 is 5.90. The molecule has 0 spiro atoms. The van der Waals surface area contributed by atoms with Crippen molar-refractivity contribution in [3.05, 3.63) is 47.5 Å². The van der Waals surface area contributed by atoms with Crippen molar-refractivity contribution >= 4 is 28.3 Å². The molecule has 0 N–H and O–H groups in total. The summed E-state index contributed by atoms with van der Waals surface area (Å²) in [6.07, 6.45) is 0. The maximum Gasteiger partial charge on any atom is 0.338 e. The van der Waals surface area contributed by atoms with Crippen LogP contribution in [-0.4, -0.2) is 13.1 Å². The normalized spacial score (nSPS) is 10.4. The van der Waals surface area contributed by atoms with E-state index in [1.54, 1.807) is 6.07 Å². The SMILES string of the molecule is COC(=O)c1ccc2ccccc2c1CCl. The third-order valence-corrected chi connectivity index (χ3v) is 2.85. The molecule has 0 aliphatic rings. The van der Waals surface area contributed by atoms with Crippen molar-refractivity contribution in [2.75, 3.05) is 7.11 Å². The van der Waals surface area contributed by atoms with Crippen LogP contribution in [0.25, 0.3) is 10.8 Å². The Bertz CT molecular complexity index is 534.